The Morgan fingerprint density at radius 1 is 1.24 bits per heavy atom. The molecule has 0 atom stereocenters. The Labute approximate surface area is 127 Å². The van der Waals surface area contributed by atoms with Gasteiger partial charge in [0.1, 0.15) is 0 Å². The van der Waals surface area contributed by atoms with E-state index in [2.05, 4.69) is 22.2 Å². The van der Waals surface area contributed by atoms with Crippen LogP contribution >= 0.6 is 0 Å². The van der Waals surface area contributed by atoms with Crippen LogP contribution in [0.5, 0.6) is 0 Å². The molecule has 0 unspecified atom stereocenters. The molecule has 1 aromatic carbocycles. The van der Waals surface area contributed by atoms with Gasteiger partial charge in [-0.1, -0.05) is 0 Å². The number of nitrogen functional groups attached to an aromatic ring is 1. The minimum absolute atomic E-state index is 0.0489. The molecular weight excluding hydrogens is 264 g/mol. The van der Waals surface area contributed by atoms with Crippen molar-refractivity contribution in [2.45, 2.75) is 19.3 Å². The molecule has 0 spiro atoms. The average Bonchev–Trinajstić information content (AvgIpc) is 2.99. The maximum Gasteiger partial charge on any atom is 0.225 e. The van der Waals surface area contributed by atoms with E-state index in [1.165, 1.54) is 25.9 Å². The third-order valence-electron chi connectivity index (χ3n) is 3.91. The number of amides is 1. The molecular formula is C16H26N4O. The number of hydrogen-bond donors (Lipinski definition) is 2. The van der Waals surface area contributed by atoms with Crippen LogP contribution in [0.25, 0.3) is 0 Å². The summed E-state index contributed by atoms with van der Waals surface area (Å²) in [7, 11) is 2.08. The molecule has 5 heteroatoms. The lowest BCUT2D eigenvalue weighted by Crippen LogP contribution is -2.33. The van der Waals surface area contributed by atoms with E-state index in [-0.39, 0.29) is 5.91 Å². The summed E-state index contributed by atoms with van der Waals surface area (Å²) in [6.45, 7) is 5.37. The third kappa shape index (κ3) is 5.73. The first-order chi connectivity index (χ1) is 10.1. The molecule has 1 heterocycles. The van der Waals surface area contributed by atoms with Gasteiger partial charge in [-0.2, -0.15) is 0 Å². The first-order valence-electron chi connectivity index (χ1n) is 7.70. The maximum atomic E-state index is 11.9. The van der Waals surface area contributed by atoms with Gasteiger partial charge in [0.25, 0.3) is 0 Å². The molecule has 1 aliphatic heterocycles. The van der Waals surface area contributed by atoms with Gasteiger partial charge in [-0.3, -0.25) is 4.79 Å². The number of anilines is 2. The van der Waals surface area contributed by atoms with Crippen LogP contribution in [-0.4, -0.2) is 55.5 Å². The second-order valence-electron chi connectivity index (χ2n) is 5.77. The fraction of sp³-hybridized carbons (Fsp3) is 0.562. The lowest BCUT2D eigenvalue weighted by molar-refractivity contribution is -0.116. The zero-order valence-electron chi connectivity index (χ0n) is 12.8. The van der Waals surface area contributed by atoms with E-state index in [0.29, 0.717) is 12.1 Å². The first kappa shape index (κ1) is 15.8. The van der Waals surface area contributed by atoms with Gasteiger partial charge in [-0.15, -0.1) is 0 Å². The monoisotopic (exact) mass is 290 g/mol. The molecule has 0 aliphatic carbocycles. The van der Waals surface area contributed by atoms with Gasteiger partial charge in [0.05, 0.1) is 0 Å². The van der Waals surface area contributed by atoms with Crippen molar-refractivity contribution in [1.82, 2.24) is 9.80 Å². The molecule has 1 aliphatic rings. The smallest absolute Gasteiger partial charge is 0.225 e. The number of likely N-dealkylation sites (N-methyl/N-ethyl adjacent to an activating group) is 1. The number of carbonyl (C=O) groups excluding carboxylic acids is 1. The third-order valence-corrected chi connectivity index (χ3v) is 3.91. The highest BCUT2D eigenvalue weighted by atomic mass is 16.1. The topological polar surface area (TPSA) is 61.6 Å². The zero-order valence-corrected chi connectivity index (χ0v) is 12.8. The Morgan fingerprint density at radius 3 is 2.57 bits per heavy atom. The lowest BCUT2D eigenvalue weighted by atomic mass is 10.2. The first-order valence-corrected chi connectivity index (χ1v) is 7.70. The number of benzene rings is 1. The summed E-state index contributed by atoms with van der Waals surface area (Å²) in [6.07, 6.45) is 3.17. The van der Waals surface area contributed by atoms with E-state index in [1.54, 1.807) is 12.1 Å². The van der Waals surface area contributed by atoms with E-state index in [9.17, 15) is 4.79 Å². The normalized spacial score (nSPS) is 15.5. The summed E-state index contributed by atoms with van der Waals surface area (Å²) in [5.74, 6) is 0.0489. The predicted octanol–water partition coefficient (Wildman–Crippen LogP) is 1.62. The molecule has 1 aromatic rings. The van der Waals surface area contributed by atoms with Gasteiger partial charge >= 0.3 is 0 Å². The number of nitrogens with one attached hydrogen (secondary N) is 1. The quantitative estimate of drug-likeness (QED) is 0.749. The van der Waals surface area contributed by atoms with E-state index < -0.39 is 0 Å². The minimum Gasteiger partial charge on any atom is -0.399 e. The molecule has 0 bridgehead atoms. The molecule has 0 radical (unpaired) electrons. The molecule has 1 amide bonds. The number of likely N-dealkylation sites (tertiary alicyclic amines) is 1. The van der Waals surface area contributed by atoms with Gasteiger partial charge < -0.3 is 20.9 Å². The van der Waals surface area contributed by atoms with Crippen LogP contribution in [0.1, 0.15) is 19.3 Å². The zero-order chi connectivity index (χ0) is 15.1. The van der Waals surface area contributed by atoms with Crippen LogP contribution < -0.4 is 11.1 Å². The average molecular weight is 290 g/mol. The van der Waals surface area contributed by atoms with Crippen molar-refractivity contribution in [2.75, 3.05) is 50.8 Å². The second kappa shape index (κ2) is 8.00. The number of carbonyl (C=O) groups is 1. The van der Waals surface area contributed by atoms with Crippen molar-refractivity contribution in [1.29, 1.82) is 0 Å². The second-order valence-corrected chi connectivity index (χ2v) is 5.77. The highest BCUT2D eigenvalue weighted by molar-refractivity contribution is 5.90. The SMILES string of the molecule is CN(CCC(=O)Nc1ccc(N)cc1)CCN1CCCC1. The lowest BCUT2D eigenvalue weighted by Gasteiger charge is -2.21. The Morgan fingerprint density at radius 2 is 1.90 bits per heavy atom. The number of nitrogens with two attached hydrogens (primary N) is 1. The Kier molecular flexibility index (Phi) is 6.02. The van der Waals surface area contributed by atoms with Crippen molar-refractivity contribution in [2.24, 2.45) is 0 Å². The summed E-state index contributed by atoms with van der Waals surface area (Å²) in [5.41, 5.74) is 7.12. The molecule has 116 valence electrons. The molecule has 1 saturated heterocycles. The molecule has 21 heavy (non-hydrogen) atoms. The van der Waals surface area contributed by atoms with Crippen molar-refractivity contribution in [3.63, 3.8) is 0 Å². The Hall–Kier alpha value is -1.59. The molecule has 0 saturated carbocycles. The number of hydrogen-bond acceptors (Lipinski definition) is 4. The van der Waals surface area contributed by atoms with Crippen LogP contribution in [0.3, 0.4) is 0 Å². The van der Waals surface area contributed by atoms with Crippen molar-refractivity contribution in [3.05, 3.63) is 24.3 Å². The summed E-state index contributed by atoms with van der Waals surface area (Å²) in [5, 5.41) is 2.89. The number of nitrogens with zero attached hydrogens (tertiary/aromatic N) is 2. The van der Waals surface area contributed by atoms with Crippen LogP contribution in [0, 0.1) is 0 Å². The molecule has 2 rings (SSSR count). The molecule has 5 nitrogen and oxygen atoms in total. The highest BCUT2D eigenvalue weighted by Crippen LogP contribution is 2.11. The van der Waals surface area contributed by atoms with Crippen molar-refractivity contribution in [3.8, 4) is 0 Å². The van der Waals surface area contributed by atoms with Crippen LogP contribution in [0.2, 0.25) is 0 Å². The van der Waals surface area contributed by atoms with Gasteiger partial charge in [0.15, 0.2) is 0 Å². The molecule has 1 fully saturated rings. The Balaban J connectivity index is 1.62. The van der Waals surface area contributed by atoms with Crippen LogP contribution in [0.15, 0.2) is 24.3 Å². The van der Waals surface area contributed by atoms with Gasteiger partial charge in [0.2, 0.25) is 5.91 Å². The molecule has 3 N–H and O–H groups in total. The Bertz CT molecular complexity index is 440. The van der Waals surface area contributed by atoms with E-state index in [4.69, 9.17) is 5.73 Å². The minimum atomic E-state index is 0.0489. The van der Waals surface area contributed by atoms with E-state index in [1.807, 2.05) is 12.1 Å². The van der Waals surface area contributed by atoms with Gasteiger partial charge in [0, 0.05) is 37.4 Å². The summed E-state index contributed by atoms with van der Waals surface area (Å²) in [6, 6.07) is 7.23. The summed E-state index contributed by atoms with van der Waals surface area (Å²) >= 11 is 0. The summed E-state index contributed by atoms with van der Waals surface area (Å²) < 4.78 is 0. The molecule has 0 aromatic heterocycles. The number of rotatable bonds is 7. The van der Waals surface area contributed by atoms with Crippen molar-refractivity contribution < 1.29 is 4.79 Å². The fourth-order valence-electron chi connectivity index (χ4n) is 2.51. The standard InChI is InChI=1S/C16H26N4O/c1-19(12-13-20-9-2-3-10-20)11-8-16(21)18-15-6-4-14(17)5-7-15/h4-7H,2-3,8-13,17H2,1H3,(H,18,21). The van der Waals surface area contributed by atoms with Gasteiger partial charge in [-0.05, 0) is 57.2 Å². The maximum absolute atomic E-state index is 11.9. The van der Waals surface area contributed by atoms with Gasteiger partial charge in [-0.25, -0.2) is 0 Å². The van der Waals surface area contributed by atoms with E-state index in [0.717, 1.165) is 25.3 Å². The van der Waals surface area contributed by atoms with E-state index >= 15 is 0 Å². The largest absolute Gasteiger partial charge is 0.399 e. The highest BCUT2D eigenvalue weighted by Gasteiger charge is 2.12. The van der Waals surface area contributed by atoms with Crippen LogP contribution in [0.4, 0.5) is 11.4 Å². The fourth-order valence-corrected chi connectivity index (χ4v) is 2.51. The predicted molar refractivity (Wildman–Crippen MR) is 87.3 cm³/mol. The van der Waals surface area contributed by atoms with Crippen LogP contribution in [-0.2, 0) is 4.79 Å². The summed E-state index contributed by atoms with van der Waals surface area (Å²) in [4.78, 5) is 16.6. The van der Waals surface area contributed by atoms with Crippen molar-refractivity contribution >= 4 is 17.3 Å².